The van der Waals surface area contributed by atoms with Gasteiger partial charge in [-0.3, -0.25) is 14.4 Å². The normalized spacial score (nSPS) is 18.0. The molecule has 12 rings (SSSR count). The number of aromatic hydroxyl groups is 2. The molecule has 3 atom stereocenters. The maximum atomic E-state index is 14.6. The first-order valence-corrected chi connectivity index (χ1v) is 38.3. The third-order valence-electron chi connectivity index (χ3n) is 19.2. The number of amides is 2. The Labute approximate surface area is 660 Å². The van der Waals surface area contributed by atoms with Crippen molar-refractivity contribution in [1.29, 1.82) is 0 Å². The van der Waals surface area contributed by atoms with Gasteiger partial charge in [0.15, 0.2) is 84.5 Å². The number of carboxylic acids is 2. The molecule has 0 aliphatic carbocycles. The van der Waals surface area contributed by atoms with Crippen molar-refractivity contribution in [3.8, 4) is 11.5 Å². The van der Waals surface area contributed by atoms with Crippen LogP contribution in [0.25, 0.3) is 0 Å². The van der Waals surface area contributed by atoms with E-state index in [0.29, 0.717) is 50.5 Å². The summed E-state index contributed by atoms with van der Waals surface area (Å²) in [7, 11) is -16.0. The zero-order chi connectivity index (χ0) is 82.1. The van der Waals surface area contributed by atoms with Crippen molar-refractivity contribution in [2.45, 2.75) is 122 Å². The Hall–Kier alpha value is -8.42. The van der Waals surface area contributed by atoms with E-state index in [1.807, 2.05) is 24.3 Å². The van der Waals surface area contributed by atoms with Crippen molar-refractivity contribution in [2.24, 2.45) is 0 Å². The number of rotatable bonds is 19. The average molecular weight is 1690 g/mol. The number of anilines is 2. The van der Waals surface area contributed by atoms with Crippen molar-refractivity contribution in [1.82, 2.24) is 12.9 Å². The Morgan fingerprint density at radius 3 is 0.965 bits per heavy atom. The van der Waals surface area contributed by atoms with Gasteiger partial charge in [0.25, 0.3) is 0 Å². The largest absolute Gasteiger partial charge is 1.00 e. The van der Waals surface area contributed by atoms with Crippen LogP contribution in [0.1, 0.15) is 119 Å². The Kier molecular flexibility index (Phi) is 28.3. The van der Waals surface area contributed by atoms with Crippen LogP contribution < -0.4 is 44.5 Å². The van der Waals surface area contributed by atoms with E-state index in [2.05, 4.69) is 0 Å². The number of carboxylic acid groups (broad SMARTS) is 2. The van der Waals surface area contributed by atoms with Crippen molar-refractivity contribution in [2.75, 3.05) is 55.9 Å². The molecule has 2 amide bonds. The predicted molar refractivity (Wildman–Crippen MR) is 359 cm³/mol. The smallest absolute Gasteiger partial charge is 0.545 e. The molecule has 602 valence electrons. The molecule has 113 heavy (non-hydrogen) atoms. The van der Waals surface area contributed by atoms with Gasteiger partial charge in [-0.1, -0.05) is 48.5 Å². The standard InChI is InChI=1S/2C30H27F5N2O7S.C11H7ClF5NO3S.Na/c2*31-23-24(32)26(34)28(27(35)25(23)33)45(42,43)37-11-1-2-21(37)29(39)36(19-7-8-20(30(40)41)22(38)14-19)15-16-3-5-17(6-4-16)18-9-12-44-13-10-18;12-11(19)4-2-1-3-18(4)22(20,21)10-8(16)6(14)5(13)7(15)9(10)17;/h2*3-8,14,18,21,38H,1-2,9-13,15H2,(H,40,41);4H,1-3H2;/q;;;+1/p-1/t2*21-;4-;/m111./s1. The quantitative estimate of drug-likeness (QED) is 0.0226. The molecule has 0 aromatic heterocycles. The maximum Gasteiger partial charge on any atom is 1.00 e. The van der Waals surface area contributed by atoms with Crippen molar-refractivity contribution in [3.05, 3.63) is 206 Å². The fraction of sp³-hybridized carbons (Fsp3) is 0.338. The minimum absolute atomic E-state index is 0. The molecular formula is C71H60ClF15N5NaO17S3. The van der Waals surface area contributed by atoms with Crippen LogP contribution in [0.2, 0.25) is 0 Å². The first-order chi connectivity index (χ1) is 52.7. The summed E-state index contributed by atoms with van der Waals surface area (Å²) in [5.41, 5.74) is 2.05. The molecular weight excluding hydrogens is 1630 g/mol. The monoisotopic (exact) mass is 1690 g/mol. The fourth-order valence-electron chi connectivity index (χ4n) is 13.5. The van der Waals surface area contributed by atoms with E-state index in [4.69, 9.17) is 21.1 Å². The second kappa shape index (κ2) is 36.2. The summed E-state index contributed by atoms with van der Waals surface area (Å²) < 4.78 is 298. The molecule has 0 radical (unpaired) electrons. The number of halogens is 16. The van der Waals surface area contributed by atoms with Crippen LogP contribution >= 0.6 is 11.6 Å². The molecule has 42 heteroatoms. The molecule has 5 aliphatic heterocycles. The van der Waals surface area contributed by atoms with Gasteiger partial charge in [-0.2, -0.15) is 12.9 Å². The van der Waals surface area contributed by atoms with Crippen LogP contribution in [0.4, 0.5) is 77.2 Å². The summed E-state index contributed by atoms with van der Waals surface area (Å²) in [5.74, 6) is -43.3. The van der Waals surface area contributed by atoms with Crippen LogP contribution in [-0.2, 0) is 67.0 Å². The number of hydrogen-bond acceptors (Lipinski definition) is 16. The zero-order valence-electron chi connectivity index (χ0n) is 58.5. The van der Waals surface area contributed by atoms with Gasteiger partial charge in [0, 0.05) is 75.1 Å². The predicted octanol–water partition coefficient (Wildman–Crippen LogP) is 8.10. The van der Waals surface area contributed by atoms with Gasteiger partial charge in [-0.25, -0.2) is 95.9 Å². The summed E-state index contributed by atoms with van der Waals surface area (Å²) in [6.45, 7) is 0.792. The minimum Gasteiger partial charge on any atom is -0.545 e. The van der Waals surface area contributed by atoms with E-state index in [9.17, 15) is 136 Å². The van der Waals surface area contributed by atoms with E-state index in [1.165, 1.54) is 12.1 Å². The summed E-state index contributed by atoms with van der Waals surface area (Å²) in [6, 6.07) is 16.1. The molecule has 0 saturated carbocycles. The first kappa shape index (κ1) is 88.5. The van der Waals surface area contributed by atoms with Gasteiger partial charge in [0.1, 0.15) is 29.1 Å². The maximum absolute atomic E-state index is 14.6. The van der Waals surface area contributed by atoms with Gasteiger partial charge >= 0.3 is 35.5 Å². The molecule has 0 unspecified atom stereocenters. The van der Waals surface area contributed by atoms with E-state index in [1.54, 1.807) is 24.3 Å². The Morgan fingerprint density at radius 1 is 0.416 bits per heavy atom. The average Bonchev–Trinajstić information content (AvgIpc) is 1.73. The summed E-state index contributed by atoms with van der Waals surface area (Å²) in [4.78, 5) is 58.0. The molecule has 0 spiro atoms. The van der Waals surface area contributed by atoms with Gasteiger partial charge in [-0.05, 0) is 134 Å². The molecule has 7 aromatic rings. The summed E-state index contributed by atoms with van der Waals surface area (Å²) >= 11 is 5.20. The third-order valence-corrected chi connectivity index (χ3v) is 25.3. The molecule has 5 saturated heterocycles. The van der Waals surface area contributed by atoms with Crippen LogP contribution in [0.15, 0.2) is 99.6 Å². The van der Waals surface area contributed by atoms with E-state index in [-0.39, 0.29) is 111 Å². The zero-order valence-corrected chi connectivity index (χ0v) is 63.7. The number of benzene rings is 7. The number of carbonyl (C=O) groups excluding carboxylic acids is 4. The topological polar surface area (TPSA) is 306 Å². The number of ether oxygens (including phenoxy) is 2. The van der Waals surface area contributed by atoms with Crippen LogP contribution in [0.5, 0.6) is 11.5 Å². The molecule has 0 bridgehead atoms. The van der Waals surface area contributed by atoms with Gasteiger partial charge in [0.2, 0.25) is 64.6 Å². The van der Waals surface area contributed by atoms with Crippen molar-refractivity contribution < 1.29 is 175 Å². The van der Waals surface area contributed by atoms with E-state index < -0.39 is 215 Å². The second-order valence-electron chi connectivity index (χ2n) is 25.9. The van der Waals surface area contributed by atoms with Crippen molar-refractivity contribution in [3.63, 3.8) is 0 Å². The number of aromatic carboxylic acids is 2. The third kappa shape index (κ3) is 18.0. The van der Waals surface area contributed by atoms with Gasteiger partial charge in [-0.15, -0.1) is 0 Å². The number of hydrogen-bond donors (Lipinski definition) is 3. The number of sulfonamides is 3. The Bertz CT molecular complexity index is 4890. The molecule has 5 aliphatic rings. The Balaban J connectivity index is 0.000000205. The second-order valence-corrected chi connectivity index (χ2v) is 31.8. The van der Waals surface area contributed by atoms with Crippen molar-refractivity contribution >= 4 is 82.0 Å². The SMILES string of the molecule is O=C(Cl)[C@H]1CCCN1S(=O)(=O)c1c(F)c(F)c(F)c(F)c1F.O=C(O)c1ccc(N(Cc2ccc(C3CCOCC3)cc2)C(=O)[C@H]2CCCN2S(=O)(=O)c2c(F)c(F)c(F)c(F)c2F)cc1O.O=C([O-])c1ccc(N(Cc2ccc(C3CCOCC3)cc2)C(=O)[C@H]2CCCN2S(=O)(=O)c2c(F)c(F)c(F)c(F)c2F)cc1O.[Na+]. The number of nitrogens with zero attached hydrogens (tertiary/aromatic N) is 5. The number of phenols is 2. The fourth-order valence-corrected chi connectivity index (χ4v) is 19.1. The molecule has 22 nitrogen and oxygen atoms in total. The molecule has 7 aromatic carbocycles. The first-order valence-electron chi connectivity index (χ1n) is 33.6. The molecule has 5 fully saturated rings. The van der Waals surface area contributed by atoms with Gasteiger partial charge < -0.3 is 44.5 Å². The van der Waals surface area contributed by atoms with E-state index >= 15 is 0 Å². The summed E-state index contributed by atoms with van der Waals surface area (Å²) in [5, 5.41) is 40.2. The summed E-state index contributed by atoms with van der Waals surface area (Å²) in [6.07, 6.45) is 3.13. The van der Waals surface area contributed by atoms with E-state index in [0.717, 1.165) is 70.9 Å². The van der Waals surface area contributed by atoms with Crippen LogP contribution in [0.3, 0.4) is 0 Å². The Morgan fingerprint density at radius 2 is 0.690 bits per heavy atom. The van der Waals surface area contributed by atoms with Crippen LogP contribution in [-0.4, -0.2) is 147 Å². The molecule has 3 N–H and O–H groups in total. The minimum atomic E-state index is -5.45. The van der Waals surface area contributed by atoms with Gasteiger partial charge in [0.05, 0.1) is 25.1 Å². The molecule has 5 heterocycles. The number of carbonyl (C=O) groups is 5. The van der Waals surface area contributed by atoms with Crippen LogP contribution in [0, 0.1) is 87.3 Å².